The maximum Gasteiger partial charge on any atom is 0.236 e. The van der Waals surface area contributed by atoms with Gasteiger partial charge in [-0.15, -0.1) is 0 Å². The number of nitrogens with zero attached hydrogens (tertiary/aromatic N) is 5. The van der Waals surface area contributed by atoms with Gasteiger partial charge in [-0.25, -0.2) is 15.0 Å². The second-order valence-electron chi connectivity index (χ2n) is 7.76. The zero-order valence-corrected chi connectivity index (χ0v) is 16.5. The Labute approximate surface area is 166 Å². The second-order valence-corrected chi connectivity index (χ2v) is 7.76. The Morgan fingerprint density at radius 2 is 2.00 bits per heavy atom. The number of carbonyl (C=O) groups excluding carboxylic acids is 1. The van der Waals surface area contributed by atoms with Crippen LogP contribution in [0.5, 0.6) is 0 Å². The zero-order valence-electron chi connectivity index (χ0n) is 16.5. The number of aromatic nitrogens is 3. The first-order chi connectivity index (χ1) is 13.7. The van der Waals surface area contributed by atoms with E-state index >= 15 is 0 Å². The first-order valence-corrected chi connectivity index (χ1v) is 10.2. The maximum absolute atomic E-state index is 12.5. The lowest BCUT2D eigenvalue weighted by Crippen LogP contribution is -2.43. The molecule has 1 N–H and O–H groups in total. The van der Waals surface area contributed by atoms with E-state index in [1.807, 2.05) is 30.0 Å². The quantitative estimate of drug-likeness (QED) is 0.860. The molecule has 0 bridgehead atoms. The Morgan fingerprint density at radius 1 is 1.14 bits per heavy atom. The van der Waals surface area contributed by atoms with Gasteiger partial charge in [0.1, 0.15) is 5.82 Å². The van der Waals surface area contributed by atoms with Gasteiger partial charge in [0.25, 0.3) is 0 Å². The van der Waals surface area contributed by atoms with E-state index in [1.165, 1.54) is 0 Å². The van der Waals surface area contributed by atoms with Crippen LogP contribution in [0.2, 0.25) is 0 Å². The fraction of sp³-hybridized carbons (Fsp3) is 0.524. The summed E-state index contributed by atoms with van der Waals surface area (Å²) >= 11 is 0. The van der Waals surface area contributed by atoms with Gasteiger partial charge in [-0.05, 0) is 56.8 Å². The monoisotopic (exact) mass is 380 g/mol. The van der Waals surface area contributed by atoms with Gasteiger partial charge in [-0.1, -0.05) is 6.07 Å². The van der Waals surface area contributed by atoms with Crippen LogP contribution in [-0.2, 0) is 4.79 Å². The lowest BCUT2D eigenvalue weighted by atomic mass is 9.94. The van der Waals surface area contributed by atoms with Crippen LogP contribution in [0.1, 0.15) is 42.9 Å². The van der Waals surface area contributed by atoms with E-state index < -0.39 is 0 Å². The number of anilines is 2. The van der Waals surface area contributed by atoms with Crippen molar-refractivity contribution in [2.45, 2.75) is 38.5 Å². The van der Waals surface area contributed by atoms with Gasteiger partial charge >= 0.3 is 0 Å². The van der Waals surface area contributed by atoms with Crippen molar-refractivity contribution < 1.29 is 4.79 Å². The molecule has 7 heteroatoms. The van der Waals surface area contributed by atoms with Gasteiger partial charge in [-0.3, -0.25) is 9.69 Å². The number of amides is 1. The largest absolute Gasteiger partial charge is 0.342 e. The molecule has 148 valence electrons. The van der Waals surface area contributed by atoms with Crippen molar-refractivity contribution in [1.29, 1.82) is 0 Å². The number of pyridine rings is 1. The number of hydrogen-bond acceptors (Lipinski definition) is 6. The smallest absolute Gasteiger partial charge is 0.236 e. The van der Waals surface area contributed by atoms with Crippen LogP contribution < -0.4 is 5.32 Å². The van der Waals surface area contributed by atoms with Crippen molar-refractivity contribution in [2.75, 3.05) is 38.0 Å². The second kappa shape index (κ2) is 8.65. The number of aryl methyl sites for hydroxylation is 1. The highest BCUT2D eigenvalue weighted by Crippen LogP contribution is 2.26. The van der Waals surface area contributed by atoms with Gasteiger partial charge in [0.15, 0.2) is 0 Å². The van der Waals surface area contributed by atoms with Crippen molar-refractivity contribution in [1.82, 2.24) is 24.8 Å². The summed E-state index contributed by atoms with van der Waals surface area (Å²) in [5, 5.41) is 3.22. The van der Waals surface area contributed by atoms with Crippen LogP contribution in [0.25, 0.3) is 0 Å². The topological polar surface area (TPSA) is 74.2 Å². The molecule has 2 aliphatic rings. The number of likely N-dealkylation sites (tertiary alicyclic amines) is 2. The van der Waals surface area contributed by atoms with Crippen LogP contribution in [0.3, 0.4) is 0 Å². The lowest BCUT2D eigenvalue weighted by Gasteiger charge is -2.33. The normalized spacial score (nSPS) is 20.3. The molecular formula is C21H28N6O. The van der Waals surface area contributed by atoms with Crippen LogP contribution in [0, 0.1) is 6.92 Å². The molecular weight excluding hydrogens is 352 g/mol. The summed E-state index contributed by atoms with van der Waals surface area (Å²) in [4.78, 5) is 30.2. The third-order valence-electron chi connectivity index (χ3n) is 5.66. The number of carbonyl (C=O) groups is 1. The number of hydrogen-bond donors (Lipinski definition) is 1. The summed E-state index contributed by atoms with van der Waals surface area (Å²) in [7, 11) is 0. The highest BCUT2D eigenvalue weighted by molar-refractivity contribution is 5.78. The highest BCUT2D eigenvalue weighted by atomic mass is 16.2. The standard InChI is InChI=1S/C21H28N6O/c1-16-6-4-9-22-20(16)25-21-23-10-8-18(24-21)17-7-5-11-26(14-17)15-19(28)27-12-2-3-13-27/h4,6,8-10,17H,2-3,5,7,11-15H2,1H3,(H,22,23,24,25)/t17-/m0/s1. The van der Waals surface area contributed by atoms with E-state index in [0.717, 1.165) is 68.9 Å². The molecule has 4 heterocycles. The predicted molar refractivity (Wildman–Crippen MR) is 109 cm³/mol. The molecule has 28 heavy (non-hydrogen) atoms. The molecule has 2 fully saturated rings. The minimum absolute atomic E-state index is 0.272. The Morgan fingerprint density at radius 3 is 2.82 bits per heavy atom. The third kappa shape index (κ3) is 4.47. The van der Waals surface area contributed by atoms with Crippen molar-refractivity contribution in [3.8, 4) is 0 Å². The average molecular weight is 380 g/mol. The summed E-state index contributed by atoms with van der Waals surface area (Å²) < 4.78 is 0. The highest BCUT2D eigenvalue weighted by Gasteiger charge is 2.26. The minimum Gasteiger partial charge on any atom is -0.342 e. The molecule has 0 unspecified atom stereocenters. The van der Waals surface area contributed by atoms with E-state index in [1.54, 1.807) is 12.4 Å². The maximum atomic E-state index is 12.5. The van der Waals surface area contributed by atoms with Crippen LogP contribution in [0.4, 0.5) is 11.8 Å². The van der Waals surface area contributed by atoms with E-state index in [9.17, 15) is 4.79 Å². The van der Waals surface area contributed by atoms with Gasteiger partial charge in [0, 0.05) is 37.9 Å². The zero-order chi connectivity index (χ0) is 19.3. The van der Waals surface area contributed by atoms with Crippen LogP contribution >= 0.6 is 0 Å². The Kier molecular flexibility index (Phi) is 5.81. The minimum atomic E-state index is 0.272. The average Bonchev–Trinajstić information content (AvgIpc) is 3.25. The summed E-state index contributed by atoms with van der Waals surface area (Å²) in [5.41, 5.74) is 2.09. The van der Waals surface area contributed by atoms with Gasteiger partial charge < -0.3 is 10.2 Å². The predicted octanol–water partition coefficient (Wildman–Crippen LogP) is 2.73. The number of piperidine rings is 1. The molecule has 0 aromatic carbocycles. The molecule has 0 saturated carbocycles. The first kappa shape index (κ1) is 18.8. The van der Waals surface area contributed by atoms with Gasteiger partial charge in [0.05, 0.1) is 12.2 Å². The molecule has 2 saturated heterocycles. The SMILES string of the molecule is Cc1cccnc1Nc1nccc([C@H]2CCCN(CC(=O)N3CCCC3)C2)n1. The summed E-state index contributed by atoms with van der Waals surface area (Å²) in [6, 6.07) is 5.92. The number of nitrogens with one attached hydrogen (secondary N) is 1. The lowest BCUT2D eigenvalue weighted by molar-refractivity contribution is -0.131. The van der Waals surface area contributed by atoms with E-state index in [-0.39, 0.29) is 5.91 Å². The van der Waals surface area contributed by atoms with Crippen LogP contribution in [-0.4, -0.2) is 63.4 Å². The van der Waals surface area contributed by atoms with Crippen LogP contribution in [0.15, 0.2) is 30.6 Å². The Balaban J connectivity index is 1.40. The summed E-state index contributed by atoms with van der Waals surface area (Å²) in [6.07, 6.45) is 8.02. The molecule has 7 nitrogen and oxygen atoms in total. The Bertz CT molecular complexity index is 820. The molecule has 1 amide bonds. The molecule has 0 spiro atoms. The van der Waals surface area contributed by atoms with Crippen molar-refractivity contribution in [2.24, 2.45) is 0 Å². The summed E-state index contributed by atoms with van der Waals surface area (Å²) in [5.74, 6) is 1.95. The number of rotatable bonds is 5. The molecule has 0 aliphatic carbocycles. The van der Waals surface area contributed by atoms with E-state index in [0.29, 0.717) is 18.4 Å². The Hall–Kier alpha value is -2.54. The van der Waals surface area contributed by atoms with Gasteiger partial charge in [0.2, 0.25) is 11.9 Å². The van der Waals surface area contributed by atoms with Crippen molar-refractivity contribution in [3.63, 3.8) is 0 Å². The van der Waals surface area contributed by atoms with Crippen molar-refractivity contribution in [3.05, 3.63) is 41.9 Å². The molecule has 4 rings (SSSR count). The summed E-state index contributed by atoms with van der Waals surface area (Å²) in [6.45, 7) is 6.24. The fourth-order valence-corrected chi connectivity index (χ4v) is 4.08. The van der Waals surface area contributed by atoms with E-state index in [2.05, 4.69) is 20.2 Å². The molecule has 2 aliphatic heterocycles. The van der Waals surface area contributed by atoms with Crippen molar-refractivity contribution >= 4 is 17.7 Å². The fourth-order valence-electron chi connectivity index (χ4n) is 4.08. The molecule has 2 aromatic rings. The van der Waals surface area contributed by atoms with Gasteiger partial charge in [-0.2, -0.15) is 0 Å². The first-order valence-electron chi connectivity index (χ1n) is 10.2. The van der Waals surface area contributed by atoms with E-state index in [4.69, 9.17) is 4.98 Å². The molecule has 0 radical (unpaired) electrons. The third-order valence-corrected chi connectivity index (χ3v) is 5.66. The molecule has 2 aromatic heterocycles. The molecule has 1 atom stereocenters.